The summed E-state index contributed by atoms with van der Waals surface area (Å²) in [5.74, 6) is -0.523. The number of nitrogens with zero attached hydrogens (tertiary/aromatic N) is 3. The van der Waals surface area contributed by atoms with Gasteiger partial charge in [-0.2, -0.15) is 0 Å². The van der Waals surface area contributed by atoms with Gasteiger partial charge >= 0.3 is 0 Å². The third-order valence-electron chi connectivity index (χ3n) is 4.38. The van der Waals surface area contributed by atoms with Crippen LogP contribution in [0.5, 0.6) is 0 Å². The molecule has 0 radical (unpaired) electrons. The third kappa shape index (κ3) is 3.72. The summed E-state index contributed by atoms with van der Waals surface area (Å²) in [6.07, 6.45) is 4.65. The Morgan fingerprint density at radius 1 is 1.00 bits per heavy atom. The van der Waals surface area contributed by atoms with Crippen LogP contribution in [0.3, 0.4) is 0 Å². The number of benzene rings is 1. The van der Waals surface area contributed by atoms with Crippen LogP contribution in [0.1, 0.15) is 5.69 Å². The second-order valence-corrected chi connectivity index (χ2v) is 8.03. The van der Waals surface area contributed by atoms with E-state index in [1.54, 1.807) is 37.5 Å². The zero-order chi connectivity index (χ0) is 20.6. The smallest absolute Gasteiger partial charge is 0.261 e. The van der Waals surface area contributed by atoms with Crippen molar-refractivity contribution in [1.29, 1.82) is 0 Å². The topological polar surface area (TPSA) is 93.4 Å². The third-order valence-corrected chi connectivity index (χ3v) is 5.76. The fourth-order valence-electron chi connectivity index (χ4n) is 2.81. The van der Waals surface area contributed by atoms with Crippen LogP contribution in [-0.4, -0.2) is 22.8 Å². The number of aromatic nitrogens is 3. The largest absolute Gasteiger partial charge is 0.278 e. The SMILES string of the molecule is Cc1ncc(-c2ccc3nccc(=O)n3c2)cc1NS(=O)(=O)c1ccc(F)cc1. The average molecular weight is 410 g/mol. The van der Waals surface area contributed by atoms with Crippen molar-refractivity contribution in [3.8, 4) is 11.1 Å². The predicted molar refractivity (Wildman–Crippen MR) is 107 cm³/mol. The summed E-state index contributed by atoms with van der Waals surface area (Å²) in [6, 6.07) is 11.0. The minimum Gasteiger partial charge on any atom is -0.278 e. The van der Waals surface area contributed by atoms with Crippen molar-refractivity contribution in [2.24, 2.45) is 0 Å². The van der Waals surface area contributed by atoms with Gasteiger partial charge in [-0.1, -0.05) is 0 Å². The summed E-state index contributed by atoms with van der Waals surface area (Å²) in [7, 11) is -3.91. The molecule has 4 rings (SSSR count). The second-order valence-electron chi connectivity index (χ2n) is 6.35. The monoisotopic (exact) mass is 410 g/mol. The molecule has 29 heavy (non-hydrogen) atoms. The molecule has 0 saturated heterocycles. The molecule has 0 fully saturated rings. The Bertz CT molecular complexity index is 1380. The fraction of sp³-hybridized carbons (Fsp3) is 0.0500. The maximum atomic E-state index is 13.1. The summed E-state index contributed by atoms with van der Waals surface area (Å²) in [5, 5.41) is 0. The van der Waals surface area contributed by atoms with E-state index in [9.17, 15) is 17.6 Å². The van der Waals surface area contributed by atoms with Crippen LogP contribution in [0.15, 0.2) is 76.8 Å². The Morgan fingerprint density at radius 3 is 2.52 bits per heavy atom. The minimum atomic E-state index is -3.91. The van der Waals surface area contributed by atoms with Gasteiger partial charge in [-0.3, -0.25) is 18.9 Å². The van der Waals surface area contributed by atoms with Crippen molar-refractivity contribution in [2.75, 3.05) is 4.72 Å². The predicted octanol–water partition coefficient (Wildman–Crippen LogP) is 3.00. The van der Waals surface area contributed by atoms with E-state index < -0.39 is 15.8 Å². The average Bonchev–Trinajstić information content (AvgIpc) is 2.70. The summed E-state index contributed by atoms with van der Waals surface area (Å²) in [6.45, 7) is 1.67. The molecule has 3 heterocycles. The molecule has 4 aromatic rings. The van der Waals surface area contributed by atoms with Crippen LogP contribution in [0.2, 0.25) is 0 Å². The minimum absolute atomic E-state index is 0.0629. The molecule has 0 spiro atoms. The second kappa shape index (κ2) is 7.10. The van der Waals surface area contributed by atoms with Crippen molar-refractivity contribution in [3.63, 3.8) is 0 Å². The Labute approximate surface area is 165 Å². The molecule has 0 amide bonds. The summed E-state index contributed by atoms with van der Waals surface area (Å²) < 4.78 is 42.2. The summed E-state index contributed by atoms with van der Waals surface area (Å²) in [5.41, 5.74) is 2.31. The van der Waals surface area contributed by atoms with Gasteiger partial charge in [0.1, 0.15) is 11.5 Å². The van der Waals surface area contributed by atoms with Gasteiger partial charge in [-0.15, -0.1) is 0 Å². The zero-order valence-electron chi connectivity index (χ0n) is 15.2. The van der Waals surface area contributed by atoms with Gasteiger partial charge in [0.2, 0.25) is 0 Å². The number of fused-ring (bicyclic) bond motifs is 1. The lowest BCUT2D eigenvalue weighted by Gasteiger charge is -2.12. The number of halogens is 1. The highest BCUT2D eigenvalue weighted by Gasteiger charge is 2.16. The molecule has 0 bridgehead atoms. The van der Waals surface area contributed by atoms with E-state index in [0.717, 1.165) is 12.1 Å². The maximum Gasteiger partial charge on any atom is 0.261 e. The first-order valence-electron chi connectivity index (χ1n) is 8.56. The molecule has 1 aromatic carbocycles. The first-order valence-corrected chi connectivity index (χ1v) is 10.0. The van der Waals surface area contributed by atoms with Crippen LogP contribution in [0.25, 0.3) is 16.8 Å². The Morgan fingerprint density at radius 2 is 1.76 bits per heavy atom. The standard InChI is InChI=1S/C20H15FN4O3S/c1-13-18(24-29(27,28)17-5-3-16(21)4-6-17)10-15(11-23-13)14-2-7-19-22-9-8-20(26)25(19)12-14/h2-12,24H,1H3. The number of anilines is 1. The van der Waals surface area contributed by atoms with E-state index >= 15 is 0 Å². The molecule has 0 aliphatic heterocycles. The number of rotatable bonds is 4. The molecule has 0 unspecified atom stereocenters. The summed E-state index contributed by atoms with van der Waals surface area (Å²) >= 11 is 0. The van der Waals surface area contributed by atoms with Crippen molar-refractivity contribution >= 4 is 21.4 Å². The van der Waals surface area contributed by atoms with Gasteiger partial charge in [-0.25, -0.2) is 17.8 Å². The van der Waals surface area contributed by atoms with E-state index in [2.05, 4.69) is 14.7 Å². The fourth-order valence-corrected chi connectivity index (χ4v) is 3.92. The molecule has 0 aliphatic carbocycles. The Balaban J connectivity index is 1.74. The lowest BCUT2D eigenvalue weighted by atomic mass is 10.1. The lowest BCUT2D eigenvalue weighted by Crippen LogP contribution is -2.14. The quantitative estimate of drug-likeness (QED) is 0.558. The summed E-state index contributed by atoms with van der Waals surface area (Å²) in [4.78, 5) is 20.4. The van der Waals surface area contributed by atoms with Crippen LogP contribution in [0.4, 0.5) is 10.1 Å². The highest BCUT2D eigenvalue weighted by atomic mass is 32.2. The van der Waals surface area contributed by atoms with Gasteiger partial charge < -0.3 is 0 Å². The Hall–Kier alpha value is -3.59. The number of pyridine rings is 2. The Kier molecular flexibility index (Phi) is 4.59. The molecule has 0 atom stereocenters. The van der Waals surface area contributed by atoms with Gasteiger partial charge in [0, 0.05) is 35.8 Å². The van der Waals surface area contributed by atoms with Crippen LogP contribution in [0, 0.1) is 12.7 Å². The molecule has 0 aliphatic rings. The lowest BCUT2D eigenvalue weighted by molar-refractivity contribution is 0.599. The van der Waals surface area contributed by atoms with Gasteiger partial charge in [-0.05, 0) is 49.4 Å². The number of sulfonamides is 1. The highest BCUT2D eigenvalue weighted by molar-refractivity contribution is 7.92. The molecule has 9 heteroatoms. The van der Waals surface area contributed by atoms with E-state index in [4.69, 9.17) is 0 Å². The van der Waals surface area contributed by atoms with Crippen molar-refractivity contribution in [2.45, 2.75) is 11.8 Å². The van der Waals surface area contributed by atoms with E-state index in [0.29, 0.717) is 22.5 Å². The van der Waals surface area contributed by atoms with E-state index in [1.165, 1.54) is 28.8 Å². The normalized spacial score (nSPS) is 11.5. The first-order chi connectivity index (χ1) is 13.8. The molecule has 3 aromatic heterocycles. The zero-order valence-corrected chi connectivity index (χ0v) is 16.0. The molecular formula is C20H15FN4O3S. The molecular weight excluding hydrogens is 395 g/mol. The first kappa shape index (κ1) is 18.8. The highest BCUT2D eigenvalue weighted by Crippen LogP contribution is 2.25. The maximum absolute atomic E-state index is 13.1. The molecule has 7 nitrogen and oxygen atoms in total. The van der Waals surface area contributed by atoms with Crippen molar-refractivity contribution < 1.29 is 12.8 Å². The number of hydrogen-bond acceptors (Lipinski definition) is 5. The number of aryl methyl sites for hydroxylation is 1. The van der Waals surface area contributed by atoms with Crippen molar-refractivity contribution in [3.05, 3.63) is 89.0 Å². The molecule has 0 saturated carbocycles. The van der Waals surface area contributed by atoms with Crippen molar-refractivity contribution in [1.82, 2.24) is 14.4 Å². The molecule has 146 valence electrons. The van der Waals surface area contributed by atoms with Crippen LogP contribution in [-0.2, 0) is 10.0 Å². The number of hydrogen-bond donors (Lipinski definition) is 1. The van der Waals surface area contributed by atoms with E-state index in [1.807, 2.05) is 0 Å². The van der Waals surface area contributed by atoms with Crippen LogP contribution < -0.4 is 10.3 Å². The van der Waals surface area contributed by atoms with E-state index in [-0.39, 0.29) is 16.1 Å². The van der Waals surface area contributed by atoms with Crippen LogP contribution >= 0.6 is 0 Å². The van der Waals surface area contributed by atoms with Gasteiger partial charge in [0.05, 0.1) is 16.3 Å². The number of nitrogens with one attached hydrogen (secondary N) is 1. The van der Waals surface area contributed by atoms with Gasteiger partial charge in [0.25, 0.3) is 15.6 Å². The van der Waals surface area contributed by atoms with Gasteiger partial charge in [0.15, 0.2) is 0 Å². The molecule has 1 N–H and O–H groups in total.